The summed E-state index contributed by atoms with van der Waals surface area (Å²) in [4.78, 5) is 26.8. The number of aryl methyl sites for hydroxylation is 2. The Balaban J connectivity index is 1.76. The van der Waals surface area contributed by atoms with Gasteiger partial charge in [-0.15, -0.1) is 0 Å². The van der Waals surface area contributed by atoms with Crippen molar-refractivity contribution in [3.05, 3.63) is 101 Å². The highest BCUT2D eigenvalue weighted by atomic mass is 19.4. The first-order chi connectivity index (χ1) is 19.2. The Morgan fingerprint density at radius 2 is 1.59 bits per heavy atom. The van der Waals surface area contributed by atoms with Crippen LogP contribution in [0.2, 0.25) is 0 Å². The zero-order valence-electron chi connectivity index (χ0n) is 22.0. The fraction of sp³-hybridized carbons (Fsp3) is 0.267. The maximum Gasteiger partial charge on any atom is 0.416 e. The van der Waals surface area contributed by atoms with E-state index in [1.54, 1.807) is 62.4 Å². The molecule has 0 radical (unpaired) electrons. The molecule has 11 heteroatoms. The van der Waals surface area contributed by atoms with Gasteiger partial charge in [-0.3, -0.25) is 9.59 Å². The molecule has 4 rings (SSSR count). The Morgan fingerprint density at radius 3 is 2.17 bits per heavy atom. The molecule has 1 aliphatic rings. The Morgan fingerprint density at radius 1 is 0.927 bits per heavy atom. The quantitative estimate of drug-likeness (QED) is 0.235. The van der Waals surface area contributed by atoms with E-state index in [4.69, 9.17) is 4.74 Å². The van der Waals surface area contributed by atoms with E-state index < -0.39 is 54.7 Å². The fourth-order valence-electron chi connectivity index (χ4n) is 4.58. The second kappa shape index (κ2) is 11.3. The van der Waals surface area contributed by atoms with E-state index in [0.29, 0.717) is 5.69 Å². The van der Waals surface area contributed by atoms with Crippen molar-refractivity contribution in [1.82, 2.24) is 5.32 Å². The van der Waals surface area contributed by atoms with Crippen molar-refractivity contribution < 1.29 is 40.7 Å². The van der Waals surface area contributed by atoms with Gasteiger partial charge in [-0.05, 0) is 60.4 Å². The standard InChI is InChI=1S/C30H26F6N2O3/c1-18-6-8-20(9-7-18)24-17-28(30(34,35)36,21-10-12-23(13-11-21)41-15-14-29(31,32)33)38-27(40)25(24)26(39)37-22-5-3-4-19(2)16-22/h3-13,16H,14-15,17H2,1-2H3,(H,37,39)(H,38,40). The van der Waals surface area contributed by atoms with Crippen molar-refractivity contribution in [3.63, 3.8) is 0 Å². The van der Waals surface area contributed by atoms with E-state index in [1.165, 1.54) is 0 Å². The van der Waals surface area contributed by atoms with Gasteiger partial charge in [-0.1, -0.05) is 54.1 Å². The minimum absolute atomic E-state index is 0.0648. The number of alkyl halides is 6. The molecule has 216 valence electrons. The number of rotatable bonds is 7. The van der Waals surface area contributed by atoms with E-state index in [0.717, 1.165) is 35.4 Å². The van der Waals surface area contributed by atoms with Gasteiger partial charge in [-0.2, -0.15) is 26.3 Å². The summed E-state index contributed by atoms with van der Waals surface area (Å²) in [7, 11) is 0. The Kier molecular flexibility index (Phi) is 8.19. The Labute approximate surface area is 232 Å². The van der Waals surface area contributed by atoms with E-state index in [2.05, 4.69) is 5.32 Å². The van der Waals surface area contributed by atoms with Crippen LogP contribution < -0.4 is 15.4 Å². The van der Waals surface area contributed by atoms with Crippen LogP contribution >= 0.6 is 0 Å². The molecule has 2 N–H and O–H groups in total. The lowest BCUT2D eigenvalue weighted by Gasteiger charge is -2.41. The summed E-state index contributed by atoms with van der Waals surface area (Å²) in [5.74, 6) is -2.15. The first-order valence-electron chi connectivity index (χ1n) is 12.6. The molecule has 0 spiro atoms. The van der Waals surface area contributed by atoms with Crippen molar-refractivity contribution in [1.29, 1.82) is 0 Å². The van der Waals surface area contributed by atoms with Gasteiger partial charge < -0.3 is 15.4 Å². The molecule has 1 atom stereocenters. The molecule has 1 heterocycles. The molecule has 1 unspecified atom stereocenters. The van der Waals surface area contributed by atoms with Crippen LogP contribution in [0.3, 0.4) is 0 Å². The smallest absolute Gasteiger partial charge is 0.416 e. The maximum absolute atomic E-state index is 14.9. The molecular weight excluding hydrogens is 550 g/mol. The van der Waals surface area contributed by atoms with Gasteiger partial charge in [0, 0.05) is 12.1 Å². The van der Waals surface area contributed by atoms with Gasteiger partial charge in [0.05, 0.1) is 13.0 Å². The first-order valence-corrected chi connectivity index (χ1v) is 12.6. The van der Waals surface area contributed by atoms with Gasteiger partial charge in [0.2, 0.25) is 0 Å². The molecule has 3 aromatic carbocycles. The van der Waals surface area contributed by atoms with E-state index in [9.17, 15) is 35.9 Å². The third-order valence-electron chi connectivity index (χ3n) is 6.69. The van der Waals surface area contributed by atoms with Gasteiger partial charge >= 0.3 is 12.4 Å². The number of carbonyl (C=O) groups is 2. The molecule has 0 saturated carbocycles. The molecule has 0 saturated heterocycles. The number of benzene rings is 3. The highest BCUT2D eigenvalue weighted by Crippen LogP contribution is 2.48. The maximum atomic E-state index is 14.9. The number of hydrogen-bond donors (Lipinski definition) is 2. The van der Waals surface area contributed by atoms with Crippen molar-refractivity contribution in [2.24, 2.45) is 0 Å². The number of hydrogen-bond acceptors (Lipinski definition) is 3. The minimum Gasteiger partial charge on any atom is -0.493 e. The van der Waals surface area contributed by atoms with Gasteiger partial charge in [0.25, 0.3) is 11.8 Å². The second-order valence-corrected chi connectivity index (χ2v) is 9.82. The van der Waals surface area contributed by atoms with Crippen molar-refractivity contribution in [3.8, 4) is 5.75 Å². The summed E-state index contributed by atoms with van der Waals surface area (Å²) >= 11 is 0. The largest absolute Gasteiger partial charge is 0.493 e. The van der Waals surface area contributed by atoms with Crippen LogP contribution in [0.4, 0.5) is 32.0 Å². The number of anilines is 1. The average molecular weight is 577 g/mol. The first kappa shape index (κ1) is 29.7. The molecule has 41 heavy (non-hydrogen) atoms. The third-order valence-corrected chi connectivity index (χ3v) is 6.69. The summed E-state index contributed by atoms with van der Waals surface area (Å²) in [6, 6.07) is 17.4. The van der Waals surface area contributed by atoms with Gasteiger partial charge in [0.1, 0.15) is 11.3 Å². The highest BCUT2D eigenvalue weighted by Gasteiger charge is 2.60. The lowest BCUT2D eigenvalue weighted by molar-refractivity contribution is -0.201. The molecule has 5 nitrogen and oxygen atoms in total. The molecule has 1 aliphatic heterocycles. The lowest BCUT2D eigenvalue weighted by atomic mass is 9.76. The summed E-state index contributed by atoms with van der Waals surface area (Å²) in [6.45, 7) is 2.88. The van der Waals surface area contributed by atoms with Crippen LogP contribution in [-0.2, 0) is 15.1 Å². The summed E-state index contributed by atoms with van der Waals surface area (Å²) in [5.41, 5.74) is -1.59. The zero-order chi connectivity index (χ0) is 30.0. The van der Waals surface area contributed by atoms with Crippen molar-refractivity contribution in [2.75, 3.05) is 11.9 Å². The number of nitrogens with one attached hydrogen (secondary N) is 2. The Bertz CT molecular complexity index is 1460. The monoisotopic (exact) mass is 576 g/mol. The Hall–Kier alpha value is -4.28. The molecule has 0 aromatic heterocycles. The van der Waals surface area contributed by atoms with Crippen LogP contribution in [0.25, 0.3) is 5.57 Å². The van der Waals surface area contributed by atoms with Crippen molar-refractivity contribution in [2.45, 2.75) is 44.6 Å². The summed E-state index contributed by atoms with van der Waals surface area (Å²) in [6.07, 6.45) is -11.5. The van der Waals surface area contributed by atoms with E-state index in [-0.39, 0.29) is 22.4 Å². The number of halogens is 6. The molecule has 0 fully saturated rings. The number of ether oxygens (including phenoxy) is 1. The number of amides is 2. The molecular formula is C30H26F6N2O3. The zero-order valence-corrected chi connectivity index (χ0v) is 22.0. The SMILES string of the molecule is Cc1ccc(C2=C(C(=O)Nc3cccc(C)c3)C(=O)NC(c3ccc(OCCC(F)(F)F)cc3)(C(F)(F)F)C2)cc1. The second-order valence-electron chi connectivity index (χ2n) is 9.82. The molecule has 0 bridgehead atoms. The lowest BCUT2D eigenvalue weighted by Crippen LogP contribution is -2.59. The minimum atomic E-state index is -5.02. The topological polar surface area (TPSA) is 67.4 Å². The predicted molar refractivity (Wildman–Crippen MR) is 141 cm³/mol. The van der Waals surface area contributed by atoms with Crippen molar-refractivity contribution >= 4 is 23.1 Å². The molecule has 0 aliphatic carbocycles. The van der Waals surface area contributed by atoms with E-state index >= 15 is 0 Å². The van der Waals surface area contributed by atoms with E-state index in [1.807, 2.05) is 5.32 Å². The van der Waals surface area contributed by atoms with Crippen LogP contribution in [0.1, 0.15) is 35.1 Å². The van der Waals surface area contributed by atoms with Crippen LogP contribution in [-0.4, -0.2) is 30.8 Å². The predicted octanol–water partition coefficient (Wildman–Crippen LogP) is 7.00. The molecule has 2 amide bonds. The highest BCUT2D eigenvalue weighted by molar-refractivity contribution is 6.28. The normalized spacial score (nSPS) is 17.7. The fourth-order valence-corrected chi connectivity index (χ4v) is 4.58. The third kappa shape index (κ3) is 6.72. The number of carbonyl (C=O) groups excluding carboxylic acids is 2. The average Bonchev–Trinajstić information content (AvgIpc) is 2.87. The van der Waals surface area contributed by atoms with Gasteiger partial charge in [-0.25, -0.2) is 0 Å². The van der Waals surface area contributed by atoms with Crippen LogP contribution in [0.5, 0.6) is 5.75 Å². The summed E-state index contributed by atoms with van der Waals surface area (Å²) < 4.78 is 86.9. The summed E-state index contributed by atoms with van der Waals surface area (Å²) in [5, 5.41) is 4.64. The van der Waals surface area contributed by atoms with Crippen LogP contribution in [0, 0.1) is 13.8 Å². The van der Waals surface area contributed by atoms with Gasteiger partial charge in [0.15, 0.2) is 5.54 Å². The molecule has 3 aromatic rings. The van der Waals surface area contributed by atoms with Crippen LogP contribution in [0.15, 0.2) is 78.4 Å².